The first-order valence-electron chi connectivity index (χ1n) is 5.13. The van der Waals surface area contributed by atoms with E-state index in [9.17, 15) is 43.2 Å². The quantitative estimate of drug-likeness (QED) is 0.268. The second kappa shape index (κ2) is 7.29. The molecule has 0 saturated heterocycles. The minimum absolute atomic E-state index is 0.755. The molecule has 0 aromatic rings. The second-order valence-corrected chi connectivity index (χ2v) is 6.77. The summed E-state index contributed by atoms with van der Waals surface area (Å²) in [7, 11) is -11.6. The number of hydrogen-bond donors (Lipinski definition) is 0. The molecule has 1 unspecified atom stereocenters. The van der Waals surface area contributed by atoms with Gasteiger partial charge in [-0.05, 0) is 6.92 Å². The maximum Gasteiger partial charge on any atom is 0.523 e. The molecule has 0 aliphatic heterocycles. The first-order chi connectivity index (χ1) is 9.60. The van der Waals surface area contributed by atoms with Gasteiger partial charge >= 0.3 is 31.3 Å². The zero-order valence-electron chi connectivity index (χ0n) is 10.6. The molecule has 0 amide bonds. The van der Waals surface area contributed by atoms with Gasteiger partial charge in [0.25, 0.3) is 0 Å². The van der Waals surface area contributed by atoms with Gasteiger partial charge in [0.1, 0.15) is 0 Å². The van der Waals surface area contributed by atoms with Crippen molar-refractivity contribution in [1.82, 2.24) is 0 Å². The SMILES string of the molecule is CC(COCCOS(=O)(=O)C(F)(F)F)OS(=O)(=O)C(F)(F)F. The van der Waals surface area contributed by atoms with Gasteiger partial charge in [-0.15, -0.1) is 0 Å². The molecular weight excluding hydrogens is 374 g/mol. The Kier molecular flexibility index (Phi) is 7.08. The van der Waals surface area contributed by atoms with Crippen molar-refractivity contribution in [2.75, 3.05) is 19.8 Å². The van der Waals surface area contributed by atoms with E-state index in [-0.39, 0.29) is 0 Å². The third-order valence-corrected chi connectivity index (χ3v) is 3.87. The van der Waals surface area contributed by atoms with Crippen LogP contribution >= 0.6 is 0 Å². The van der Waals surface area contributed by atoms with Crippen LogP contribution in [0.2, 0.25) is 0 Å². The van der Waals surface area contributed by atoms with E-state index in [1.807, 2.05) is 0 Å². The summed E-state index contributed by atoms with van der Waals surface area (Å²) in [5, 5.41) is 0. The Bertz CT molecular complexity index is 549. The van der Waals surface area contributed by atoms with Crippen LogP contribution in [-0.4, -0.2) is 53.8 Å². The van der Waals surface area contributed by atoms with E-state index in [2.05, 4.69) is 13.1 Å². The van der Waals surface area contributed by atoms with Gasteiger partial charge in [-0.3, -0.25) is 8.37 Å². The summed E-state index contributed by atoms with van der Waals surface area (Å²) < 4.78 is 125. The molecule has 0 fully saturated rings. The van der Waals surface area contributed by atoms with Crippen LogP contribution in [-0.2, 0) is 33.3 Å². The normalized spacial score (nSPS) is 15.8. The van der Waals surface area contributed by atoms with Crippen LogP contribution in [0.25, 0.3) is 0 Å². The van der Waals surface area contributed by atoms with Crippen molar-refractivity contribution in [1.29, 1.82) is 0 Å². The van der Waals surface area contributed by atoms with E-state index in [1.165, 1.54) is 0 Å². The van der Waals surface area contributed by atoms with Crippen LogP contribution in [0.5, 0.6) is 0 Å². The highest BCUT2D eigenvalue weighted by Gasteiger charge is 2.48. The Morgan fingerprint density at radius 2 is 1.32 bits per heavy atom. The lowest BCUT2D eigenvalue weighted by atomic mass is 10.4. The van der Waals surface area contributed by atoms with Crippen molar-refractivity contribution in [3.63, 3.8) is 0 Å². The maximum absolute atomic E-state index is 11.9. The zero-order chi connectivity index (χ0) is 17.8. The summed E-state index contributed by atoms with van der Waals surface area (Å²) in [6.07, 6.45) is -1.61. The number of hydrogen-bond acceptors (Lipinski definition) is 7. The van der Waals surface area contributed by atoms with Crippen molar-refractivity contribution >= 4 is 20.2 Å². The van der Waals surface area contributed by atoms with Gasteiger partial charge in [-0.25, -0.2) is 0 Å². The fourth-order valence-corrected chi connectivity index (χ4v) is 1.84. The van der Waals surface area contributed by atoms with Crippen LogP contribution in [0.1, 0.15) is 6.92 Å². The number of alkyl halides is 6. The topological polar surface area (TPSA) is 96.0 Å². The van der Waals surface area contributed by atoms with Gasteiger partial charge in [0.05, 0.1) is 25.9 Å². The smallest absolute Gasteiger partial charge is 0.376 e. The van der Waals surface area contributed by atoms with Gasteiger partial charge in [-0.2, -0.15) is 43.2 Å². The average Bonchev–Trinajstić information content (AvgIpc) is 2.24. The fraction of sp³-hybridized carbons (Fsp3) is 1.00. The third kappa shape index (κ3) is 6.64. The predicted octanol–water partition coefficient (Wildman–Crippen LogP) is 1.12. The molecule has 0 radical (unpaired) electrons. The Labute approximate surface area is 121 Å². The molecule has 0 aromatic heterocycles. The Hall–Kier alpha value is -0.640. The fourth-order valence-electron chi connectivity index (χ4n) is 0.817. The van der Waals surface area contributed by atoms with E-state index in [1.54, 1.807) is 0 Å². The van der Waals surface area contributed by atoms with Crippen molar-refractivity contribution < 1.29 is 56.3 Å². The standard InChI is InChI=1S/C7H10F6O7S2/c1-5(20-22(16,17)7(11,12)13)4-18-2-3-19-21(14,15)6(8,9)10/h5H,2-4H2,1H3. The molecule has 1 atom stereocenters. The highest BCUT2D eigenvalue weighted by molar-refractivity contribution is 7.87. The largest absolute Gasteiger partial charge is 0.523 e. The molecule has 0 saturated carbocycles. The summed E-state index contributed by atoms with van der Waals surface area (Å²) in [5.74, 6) is 0. The van der Waals surface area contributed by atoms with Crippen molar-refractivity contribution in [2.24, 2.45) is 0 Å². The first kappa shape index (κ1) is 21.4. The molecule has 15 heteroatoms. The number of ether oxygens (including phenoxy) is 1. The highest BCUT2D eigenvalue weighted by Crippen LogP contribution is 2.26. The Balaban J connectivity index is 4.15. The molecule has 0 heterocycles. The Morgan fingerprint density at radius 1 is 0.864 bits per heavy atom. The molecule has 7 nitrogen and oxygen atoms in total. The van der Waals surface area contributed by atoms with Crippen LogP contribution in [0.3, 0.4) is 0 Å². The predicted molar refractivity (Wildman–Crippen MR) is 57.3 cm³/mol. The average molecular weight is 384 g/mol. The van der Waals surface area contributed by atoms with Crippen molar-refractivity contribution in [3.05, 3.63) is 0 Å². The lowest BCUT2D eigenvalue weighted by molar-refractivity contribution is -0.0611. The van der Waals surface area contributed by atoms with Crippen LogP contribution in [0.15, 0.2) is 0 Å². The van der Waals surface area contributed by atoms with Crippen molar-refractivity contribution in [2.45, 2.75) is 24.0 Å². The van der Waals surface area contributed by atoms with Gasteiger partial charge in [0.15, 0.2) is 0 Å². The monoisotopic (exact) mass is 384 g/mol. The van der Waals surface area contributed by atoms with Gasteiger partial charge in [-0.1, -0.05) is 0 Å². The van der Waals surface area contributed by atoms with Crippen LogP contribution in [0, 0.1) is 0 Å². The van der Waals surface area contributed by atoms with E-state index in [4.69, 9.17) is 0 Å². The van der Waals surface area contributed by atoms with Crippen LogP contribution < -0.4 is 0 Å². The third-order valence-electron chi connectivity index (χ3n) is 1.68. The summed E-state index contributed by atoms with van der Waals surface area (Å²) in [6.45, 7) is -1.70. The molecule has 22 heavy (non-hydrogen) atoms. The molecule has 0 spiro atoms. The van der Waals surface area contributed by atoms with E-state index in [0.717, 1.165) is 6.92 Å². The lowest BCUT2D eigenvalue weighted by Crippen LogP contribution is -2.31. The molecule has 134 valence electrons. The summed E-state index contributed by atoms with van der Waals surface area (Å²) in [4.78, 5) is 0. The lowest BCUT2D eigenvalue weighted by Gasteiger charge is -2.14. The van der Waals surface area contributed by atoms with Crippen LogP contribution in [0.4, 0.5) is 26.3 Å². The van der Waals surface area contributed by atoms with E-state index < -0.39 is 57.2 Å². The summed E-state index contributed by atoms with van der Waals surface area (Å²) in [5.41, 5.74) is -11.3. The zero-order valence-corrected chi connectivity index (χ0v) is 12.3. The van der Waals surface area contributed by atoms with Gasteiger partial charge in [0.2, 0.25) is 0 Å². The van der Waals surface area contributed by atoms with E-state index >= 15 is 0 Å². The minimum Gasteiger partial charge on any atom is -0.376 e. The van der Waals surface area contributed by atoms with E-state index in [0.29, 0.717) is 0 Å². The highest BCUT2D eigenvalue weighted by atomic mass is 32.2. The maximum atomic E-state index is 11.9. The molecule has 0 aliphatic rings. The number of halogens is 6. The second-order valence-electron chi connectivity index (χ2n) is 3.60. The Morgan fingerprint density at radius 3 is 1.73 bits per heavy atom. The first-order valence-corrected chi connectivity index (χ1v) is 7.95. The van der Waals surface area contributed by atoms with Crippen molar-refractivity contribution in [3.8, 4) is 0 Å². The molecule has 0 aromatic carbocycles. The molecule has 0 N–H and O–H groups in total. The summed E-state index contributed by atoms with van der Waals surface area (Å²) >= 11 is 0. The summed E-state index contributed by atoms with van der Waals surface area (Å²) in [6, 6.07) is 0. The number of rotatable bonds is 8. The van der Waals surface area contributed by atoms with Gasteiger partial charge < -0.3 is 4.74 Å². The molecule has 0 rings (SSSR count). The minimum atomic E-state index is -5.84. The molecule has 0 bridgehead atoms. The molecule has 0 aliphatic carbocycles. The van der Waals surface area contributed by atoms with Gasteiger partial charge in [0, 0.05) is 0 Å². The molecular formula is C7H10F6O7S2.